The number of benzene rings is 1. The molecule has 0 fully saturated rings. The quantitative estimate of drug-likeness (QED) is 0.796. The number of carbonyl (C=O) groups excluding carboxylic acids is 1. The maximum Gasteiger partial charge on any atom is 0.165 e. The summed E-state index contributed by atoms with van der Waals surface area (Å²) in [7, 11) is 1.55. The second-order valence-corrected chi connectivity index (χ2v) is 4.15. The van der Waals surface area contributed by atoms with E-state index in [2.05, 4.69) is 0 Å². The van der Waals surface area contributed by atoms with Crippen molar-refractivity contribution in [3.05, 3.63) is 29.3 Å². The van der Waals surface area contributed by atoms with Crippen LogP contribution in [0.4, 0.5) is 0 Å². The van der Waals surface area contributed by atoms with Crippen LogP contribution in [0.5, 0.6) is 5.75 Å². The van der Waals surface area contributed by atoms with Gasteiger partial charge in [0, 0.05) is 17.0 Å². The Labute approximate surface area is 96.1 Å². The van der Waals surface area contributed by atoms with E-state index in [9.17, 15) is 9.90 Å². The molecular formula is C13H18O3. The van der Waals surface area contributed by atoms with Gasteiger partial charge >= 0.3 is 0 Å². The third kappa shape index (κ3) is 2.61. The van der Waals surface area contributed by atoms with Crippen molar-refractivity contribution in [1.29, 1.82) is 0 Å². The summed E-state index contributed by atoms with van der Waals surface area (Å²) in [5.41, 5.74) is 1.26. The van der Waals surface area contributed by atoms with Gasteiger partial charge < -0.3 is 9.84 Å². The molecule has 0 saturated heterocycles. The van der Waals surface area contributed by atoms with Crippen LogP contribution in [0.2, 0.25) is 0 Å². The minimum Gasteiger partial charge on any atom is -0.496 e. The van der Waals surface area contributed by atoms with Crippen LogP contribution in [0.15, 0.2) is 18.2 Å². The molecule has 0 heterocycles. The van der Waals surface area contributed by atoms with Crippen molar-refractivity contribution in [2.24, 2.45) is 5.92 Å². The highest BCUT2D eigenvalue weighted by molar-refractivity contribution is 5.97. The highest BCUT2D eigenvalue weighted by atomic mass is 16.5. The van der Waals surface area contributed by atoms with Gasteiger partial charge in [0.15, 0.2) is 5.78 Å². The Hall–Kier alpha value is -1.35. The van der Waals surface area contributed by atoms with Crippen molar-refractivity contribution in [2.75, 3.05) is 7.11 Å². The highest BCUT2D eigenvalue weighted by Crippen LogP contribution is 2.26. The van der Waals surface area contributed by atoms with Gasteiger partial charge in [0.05, 0.1) is 13.2 Å². The first-order valence-electron chi connectivity index (χ1n) is 5.37. The maximum absolute atomic E-state index is 11.8. The van der Waals surface area contributed by atoms with Crippen LogP contribution >= 0.6 is 0 Å². The summed E-state index contributed by atoms with van der Waals surface area (Å²) in [6.45, 7) is 5.37. The monoisotopic (exact) mass is 222 g/mol. The first-order valence-corrected chi connectivity index (χ1v) is 5.37. The van der Waals surface area contributed by atoms with Crippen LogP contribution in [0.25, 0.3) is 0 Å². The van der Waals surface area contributed by atoms with Gasteiger partial charge in [0.1, 0.15) is 5.75 Å². The highest BCUT2D eigenvalue weighted by Gasteiger charge is 2.15. The van der Waals surface area contributed by atoms with Gasteiger partial charge in [-0.25, -0.2) is 0 Å². The standard InChI is InChI=1S/C13H18O3/c1-8(2)13(15)10-5-6-12(16-4)11(7-10)9(3)14/h5-9,14H,1-4H3. The van der Waals surface area contributed by atoms with Crippen molar-refractivity contribution >= 4 is 5.78 Å². The summed E-state index contributed by atoms with van der Waals surface area (Å²) in [6.07, 6.45) is -0.644. The number of rotatable bonds is 4. The van der Waals surface area contributed by atoms with Gasteiger partial charge in [-0.15, -0.1) is 0 Å². The fourth-order valence-electron chi connectivity index (χ4n) is 1.55. The smallest absolute Gasteiger partial charge is 0.165 e. The topological polar surface area (TPSA) is 46.5 Å². The molecule has 0 radical (unpaired) electrons. The summed E-state index contributed by atoms with van der Waals surface area (Å²) in [6, 6.07) is 5.15. The molecule has 3 heteroatoms. The first kappa shape index (κ1) is 12.7. The SMILES string of the molecule is COc1ccc(C(=O)C(C)C)cc1C(C)O. The molecule has 0 aromatic heterocycles. The van der Waals surface area contributed by atoms with Crippen LogP contribution in [-0.2, 0) is 0 Å². The normalized spacial score (nSPS) is 12.6. The number of ketones is 1. The Bertz CT molecular complexity index is 381. The molecule has 1 aromatic carbocycles. The molecule has 1 atom stereocenters. The number of Topliss-reactive ketones (excluding diaryl/α,β-unsaturated/α-hetero) is 1. The largest absolute Gasteiger partial charge is 0.496 e. The minimum absolute atomic E-state index is 0.0461. The number of aliphatic hydroxyl groups is 1. The third-order valence-corrected chi connectivity index (χ3v) is 2.49. The molecule has 1 unspecified atom stereocenters. The summed E-state index contributed by atoms with van der Waals surface area (Å²) in [5.74, 6) is 0.634. The molecule has 1 aromatic rings. The summed E-state index contributed by atoms with van der Waals surface area (Å²) in [4.78, 5) is 11.8. The van der Waals surface area contributed by atoms with Crippen molar-refractivity contribution in [3.63, 3.8) is 0 Å². The van der Waals surface area contributed by atoms with E-state index in [0.29, 0.717) is 16.9 Å². The van der Waals surface area contributed by atoms with Gasteiger partial charge in [0.2, 0.25) is 0 Å². The molecule has 0 bridgehead atoms. The van der Waals surface area contributed by atoms with E-state index in [4.69, 9.17) is 4.74 Å². The molecule has 0 aliphatic carbocycles. The summed E-state index contributed by atoms with van der Waals surface area (Å²) >= 11 is 0. The maximum atomic E-state index is 11.8. The van der Waals surface area contributed by atoms with E-state index in [-0.39, 0.29) is 11.7 Å². The van der Waals surface area contributed by atoms with E-state index in [1.54, 1.807) is 32.2 Å². The Kier molecular flexibility index (Phi) is 4.07. The lowest BCUT2D eigenvalue weighted by atomic mass is 9.97. The van der Waals surface area contributed by atoms with Crippen molar-refractivity contribution in [2.45, 2.75) is 26.9 Å². The lowest BCUT2D eigenvalue weighted by molar-refractivity contribution is 0.0939. The Morgan fingerprint density at radius 2 is 1.94 bits per heavy atom. The van der Waals surface area contributed by atoms with Crippen LogP contribution in [0.1, 0.15) is 42.8 Å². The predicted molar refractivity (Wildman–Crippen MR) is 62.8 cm³/mol. The number of methoxy groups -OCH3 is 1. The fourth-order valence-corrected chi connectivity index (χ4v) is 1.55. The average Bonchev–Trinajstić information content (AvgIpc) is 2.26. The second-order valence-electron chi connectivity index (χ2n) is 4.15. The van der Waals surface area contributed by atoms with Gasteiger partial charge in [-0.3, -0.25) is 4.79 Å². The van der Waals surface area contributed by atoms with E-state index in [1.807, 2.05) is 13.8 Å². The fraction of sp³-hybridized carbons (Fsp3) is 0.462. The summed E-state index contributed by atoms with van der Waals surface area (Å²) in [5, 5.41) is 9.59. The number of hydrogen-bond acceptors (Lipinski definition) is 3. The van der Waals surface area contributed by atoms with E-state index >= 15 is 0 Å². The van der Waals surface area contributed by atoms with Gasteiger partial charge in [-0.1, -0.05) is 13.8 Å². The van der Waals surface area contributed by atoms with Crippen molar-refractivity contribution < 1.29 is 14.6 Å². The molecule has 0 aliphatic heterocycles. The summed E-state index contributed by atoms with van der Waals surface area (Å²) < 4.78 is 5.13. The lowest BCUT2D eigenvalue weighted by Gasteiger charge is -2.13. The molecule has 0 saturated carbocycles. The number of hydrogen-bond donors (Lipinski definition) is 1. The van der Waals surface area contributed by atoms with Crippen LogP contribution in [0, 0.1) is 5.92 Å². The zero-order valence-electron chi connectivity index (χ0n) is 10.2. The molecule has 0 spiro atoms. The van der Waals surface area contributed by atoms with Crippen molar-refractivity contribution in [1.82, 2.24) is 0 Å². The second kappa shape index (κ2) is 5.12. The van der Waals surface area contributed by atoms with E-state index in [1.165, 1.54) is 0 Å². The van der Waals surface area contributed by atoms with Crippen LogP contribution in [-0.4, -0.2) is 18.0 Å². The number of carbonyl (C=O) groups is 1. The van der Waals surface area contributed by atoms with Crippen molar-refractivity contribution in [3.8, 4) is 5.75 Å². The molecule has 88 valence electrons. The molecule has 16 heavy (non-hydrogen) atoms. The Morgan fingerprint density at radius 3 is 2.38 bits per heavy atom. The van der Waals surface area contributed by atoms with Crippen LogP contribution < -0.4 is 4.74 Å². The molecule has 0 aliphatic rings. The first-order chi connectivity index (χ1) is 7.47. The van der Waals surface area contributed by atoms with E-state index in [0.717, 1.165) is 0 Å². The average molecular weight is 222 g/mol. The third-order valence-electron chi connectivity index (χ3n) is 2.49. The molecular weight excluding hydrogens is 204 g/mol. The van der Waals surface area contributed by atoms with Gasteiger partial charge in [-0.2, -0.15) is 0 Å². The zero-order valence-corrected chi connectivity index (χ0v) is 10.2. The Balaban J connectivity index is 3.17. The predicted octanol–water partition coefficient (Wildman–Crippen LogP) is 2.59. The zero-order chi connectivity index (χ0) is 12.3. The Morgan fingerprint density at radius 1 is 1.31 bits per heavy atom. The molecule has 1 rings (SSSR count). The van der Waals surface area contributed by atoms with Gasteiger partial charge in [-0.05, 0) is 25.1 Å². The van der Waals surface area contributed by atoms with Gasteiger partial charge in [0.25, 0.3) is 0 Å². The lowest BCUT2D eigenvalue weighted by Crippen LogP contribution is -2.09. The van der Waals surface area contributed by atoms with E-state index < -0.39 is 6.10 Å². The minimum atomic E-state index is -0.644. The molecule has 3 nitrogen and oxygen atoms in total. The van der Waals surface area contributed by atoms with Crippen LogP contribution in [0.3, 0.4) is 0 Å². The number of ether oxygens (including phenoxy) is 1. The molecule has 0 amide bonds. The number of aliphatic hydroxyl groups excluding tert-OH is 1. The molecule has 1 N–H and O–H groups in total.